The molecule has 96 valence electrons. The average Bonchev–Trinajstić information content (AvgIpc) is 2.89. The lowest BCUT2D eigenvalue weighted by Gasteiger charge is -2.10. The van der Waals surface area contributed by atoms with Crippen LogP contribution in [0.3, 0.4) is 0 Å². The Morgan fingerprint density at radius 1 is 1.16 bits per heavy atom. The van der Waals surface area contributed by atoms with E-state index < -0.39 is 0 Å². The molecule has 5 nitrogen and oxygen atoms in total. The molecule has 0 amide bonds. The van der Waals surface area contributed by atoms with Crippen molar-refractivity contribution >= 4 is 26.7 Å². The minimum atomic E-state index is -0.225. The molecule has 6 heteroatoms. The molecule has 0 aliphatic rings. The molecule has 1 aromatic heterocycles. The molecule has 3 aromatic rings. The molecule has 0 saturated carbocycles. The summed E-state index contributed by atoms with van der Waals surface area (Å²) in [5.74, 6) is 0.646. The van der Waals surface area contributed by atoms with E-state index in [0.29, 0.717) is 5.82 Å². The van der Waals surface area contributed by atoms with Crippen LogP contribution in [0, 0.1) is 0 Å². The van der Waals surface area contributed by atoms with Crippen LogP contribution in [0.5, 0.6) is 0 Å². The first kappa shape index (κ1) is 12.3. The molecule has 19 heavy (non-hydrogen) atoms. The van der Waals surface area contributed by atoms with Gasteiger partial charge in [-0.3, -0.25) is 0 Å². The molecule has 1 atom stereocenters. The maximum Gasteiger partial charge on any atom is 0.173 e. The van der Waals surface area contributed by atoms with E-state index in [1.54, 1.807) is 4.68 Å². The second kappa shape index (κ2) is 4.71. The van der Waals surface area contributed by atoms with Gasteiger partial charge in [-0.25, -0.2) is 0 Å². The molecule has 2 aromatic carbocycles. The SMILES string of the molecule is CC(N)c1nnnn1-c1ccc(Br)c2ccccc12. The van der Waals surface area contributed by atoms with Crippen molar-refractivity contribution in [2.24, 2.45) is 5.73 Å². The van der Waals surface area contributed by atoms with Crippen molar-refractivity contribution in [3.8, 4) is 5.69 Å². The van der Waals surface area contributed by atoms with Crippen molar-refractivity contribution in [2.75, 3.05) is 0 Å². The van der Waals surface area contributed by atoms with Crippen molar-refractivity contribution in [3.05, 3.63) is 46.7 Å². The van der Waals surface area contributed by atoms with Gasteiger partial charge in [0.2, 0.25) is 0 Å². The third-order valence-electron chi connectivity index (χ3n) is 2.98. The van der Waals surface area contributed by atoms with Crippen LogP contribution in [0.1, 0.15) is 18.8 Å². The highest BCUT2D eigenvalue weighted by atomic mass is 79.9. The second-order valence-electron chi connectivity index (χ2n) is 4.35. The second-order valence-corrected chi connectivity index (χ2v) is 5.20. The largest absolute Gasteiger partial charge is 0.321 e. The lowest BCUT2D eigenvalue weighted by atomic mass is 10.1. The van der Waals surface area contributed by atoms with Gasteiger partial charge in [0.25, 0.3) is 0 Å². The van der Waals surface area contributed by atoms with Crippen LogP contribution in [-0.4, -0.2) is 20.2 Å². The van der Waals surface area contributed by atoms with E-state index in [4.69, 9.17) is 5.73 Å². The zero-order valence-corrected chi connectivity index (χ0v) is 11.9. The summed E-state index contributed by atoms with van der Waals surface area (Å²) in [5.41, 5.74) is 6.82. The fourth-order valence-electron chi connectivity index (χ4n) is 2.08. The highest BCUT2D eigenvalue weighted by Crippen LogP contribution is 2.29. The van der Waals surface area contributed by atoms with Crippen LogP contribution in [0.2, 0.25) is 0 Å². The van der Waals surface area contributed by atoms with Crippen LogP contribution in [0.4, 0.5) is 0 Å². The van der Waals surface area contributed by atoms with Gasteiger partial charge in [-0.1, -0.05) is 40.2 Å². The number of fused-ring (bicyclic) bond motifs is 1. The fourth-order valence-corrected chi connectivity index (χ4v) is 2.56. The van der Waals surface area contributed by atoms with E-state index in [2.05, 4.69) is 37.5 Å². The predicted octanol–water partition coefficient (Wildman–Crippen LogP) is 2.60. The molecule has 3 rings (SSSR count). The normalized spacial score (nSPS) is 12.8. The van der Waals surface area contributed by atoms with E-state index in [0.717, 1.165) is 20.9 Å². The monoisotopic (exact) mass is 317 g/mol. The molecule has 0 radical (unpaired) electrons. The van der Waals surface area contributed by atoms with Gasteiger partial charge in [0, 0.05) is 9.86 Å². The lowest BCUT2D eigenvalue weighted by molar-refractivity contribution is 0.690. The smallest absolute Gasteiger partial charge is 0.173 e. The summed E-state index contributed by atoms with van der Waals surface area (Å²) in [7, 11) is 0. The third-order valence-corrected chi connectivity index (χ3v) is 3.67. The van der Waals surface area contributed by atoms with E-state index in [-0.39, 0.29) is 6.04 Å². The molecule has 1 heterocycles. The van der Waals surface area contributed by atoms with Crippen molar-refractivity contribution in [1.82, 2.24) is 20.2 Å². The Hall–Kier alpha value is -1.79. The van der Waals surface area contributed by atoms with Gasteiger partial charge in [0.05, 0.1) is 11.7 Å². The number of nitrogens with zero attached hydrogens (tertiary/aromatic N) is 4. The van der Waals surface area contributed by atoms with Crippen molar-refractivity contribution in [3.63, 3.8) is 0 Å². The highest BCUT2D eigenvalue weighted by molar-refractivity contribution is 9.10. The average molecular weight is 318 g/mol. The Bertz CT molecular complexity index is 735. The first-order valence-electron chi connectivity index (χ1n) is 5.90. The molecule has 1 unspecified atom stereocenters. The summed E-state index contributed by atoms with van der Waals surface area (Å²) in [6.07, 6.45) is 0. The first-order valence-corrected chi connectivity index (χ1v) is 6.69. The number of hydrogen-bond donors (Lipinski definition) is 1. The van der Waals surface area contributed by atoms with Gasteiger partial charge in [-0.05, 0) is 34.9 Å². The zero-order valence-electron chi connectivity index (χ0n) is 10.3. The fraction of sp³-hybridized carbons (Fsp3) is 0.154. The number of nitrogens with two attached hydrogens (primary N) is 1. The summed E-state index contributed by atoms with van der Waals surface area (Å²) in [5, 5.41) is 13.9. The third kappa shape index (κ3) is 2.02. The summed E-state index contributed by atoms with van der Waals surface area (Å²) in [6, 6.07) is 11.8. The van der Waals surface area contributed by atoms with E-state index in [1.165, 1.54) is 0 Å². The Balaban J connectivity index is 2.31. The van der Waals surface area contributed by atoms with Crippen molar-refractivity contribution in [2.45, 2.75) is 13.0 Å². The van der Waals surface area contributed by atoms with Gasteiger partial charge in [0.1, 0.15) is 0 Å². The molecule has 0 fully saturated rings. The minimum Gasteiger partial charge on any atom is -0.321 e. The van der Waals surface area contributed by atoms with Gasteiger partial charge in [-0.15, -0.1) is 5.10 Å². The Kier molecular flexibility index (Phi) is 3.04. The van der Waals surface area contributed by atoms with Crippen LogP contribution < -0.4 is 5.73 Å². The molecular weight excluding hydrogens is 306 g/mol. The Morgan fingerprint density at radius 3 is 2.63 bits per heavy atom. The lowest BCUT2D eigenvalue weighted by Crippen LogP contribution is -2.13. The van der Waals surface area contributed by atoms with Gasteiger partial charge in [-0.2, -0.15) is 4.68 Å². The maximum atomic E-state index is 5.90. The summed E-state index contributed by atoms with van der Waals surface area (Å²) in [6.45, 7) is 1.86. The van der Waals surface area contributed by atoms with Crippen LogP contribution >= 0.6 is 15.9 Å². The molecule has 0 saturated heterocycles. The standard InChI is InChI=1S/C13H12BrN5/c1-8(15)13-16-17-18-19(13)12-7-6-11(14)9-4-2-3-5-10(9)12/h2-8H,15H2,1H3. The maximum absolute atomic E-state index is 5.90. The molecular formula is C13H12BrN5. The quantitative estimate of drug-likeness (QED) is 0.788. The number of hydrogen-bond acceptors (Lipinski definition) is 4. The van der Waals surface area contributed by atoms with E-state index in [9.17, 15) is 0 Å². The predicted molar refractivity (Wildman–Crippen MR) is 77.0 cm³/mol. The zero-order chi connectivity index (χ0) is 13.4. The number of benzene rings is 2. The summed E-state index contributed by atoms with van der Waals surface area (Å²) >= 11 is 3.56. The Labute approximate surface area is 118 Å². The summed E-state index contributed by atoms with van der Waals surface area (Å²) < 4.78 is 2.74. The molecule has 0 aliphatic heterocycles. The molecule has 0 aliphatic carbocycles. The van der Waals surface area contributed by atoms with Gasteiger partial charge in [0.15, 0.2) is 5.82 Å². The van der Waals surface area contributed by atoms with Crippen molar-refractivity contribution < 1.29 is 0 Å². The van der Waals surface area contributed by atoms with Crippen molar-refractivity contribution in [1.29, 1.82) is 0 Å². The number of halogens is 1. The van der Waals surface area contributed by atoms with E-state index in [1.807, 2.05) is 37.3 Å². The topological polar surface area (TPSA) is 69.6 Å². The minimum absolute atomic E-state index is 0.225. The van der Waals surface area contributed by atoms with Crippen LogP contribution in [0.25, 0.3) is 16.5 Å². The van der Waals surface area contributed by atoms with Crippen LogP contribution in [0.15, 0.2) is 40.9 Å². The number of tetrazole rings is 1. The summed E-state index contributed by atoms with van der Waals surface area (Å²) in [4.78, 5) is 0. The highest BCUT2D eigenvalue weighted by Gasteiger charge is 2.14. The molecule has 0 spiro atoms. The first-order chi connectivity index (χ1) is 9.18. The number of aromatic nitrogens is 4. The van der Waals surface area contributed by atoms with Crippen LogP contribution in [-0.2, 0) is 0 Å². The van der Waals surface area contributed by atoms with E-state index >= 15 is 0 Å². The van der Waals surface area contributed by atoms with Gasteiger partial charge < -0.3 is 5.73 Å². The molecule has 0 bridgehead atoms. The molecule has 2 N–H and O–H groups in total. The van der Waals surface area contributed by atoms with Gasteiger partial charge >= 0.3 is 0 Å². The number of rotatable bonds is 2. The Morgan fingerprint density at radius 2 is 1.89 bits per heavy atom.